The Kier molecular flexibility index (Phi) is 3.91. The highest BCUT2D eigenvalue weighted by molar-refractivity contribution is 5.87. The fraction of sp³-hybridized carbons (Fsp3) is 0.917. The second-order valence-corrected chi connectivity index (χ2v) is 6.21. The van der Waals surface area contributed by atoms with Gasteiger partial charge in [0.25, 0.3) is 0 Å². The largest absolute Gasteiger partial charge is 0.385 e. The van der Waals surface area contributed by atoms with Crippen LogP contribution in [0.2, 0.25) is 0 Å². The van der Waals surface area contributed by atoms with Crippen LogP contribution in [0, 0.1) is 16.7 Å². The van der Waals surface area contributed by atoms with Crippen molar-refractivity contribution in [1.82, 2.24) is 0 Å². The van der Waals surface area contributed by atoms with Crippen LogP contribution in [0.5, 0.6) is 0 Å². The Morgan fingerprint density at radius 2 is 1.43 bits per heavy atom. The van der Waals surface area contributed by atoms with E-state index in [1.54, 1.807) is 0 Å². The monoisotopic (exact) mass is 200 g/mol. The van der Waals surface area contributed by atoms with Gasteiger partial charge in [0, 0.05) is 5.41 Å². The third-order valence-corrected chi connectivity index (χ3v) is 2.85. The second-order valence-electron chi connectivity index (χ2n) is 6.21. The lowest BCUT2D eigenvalue weighted by molar-refractivity contribution is -0.139. The first-order valence-corrected chi connectivity index (χ1v) is 5.20. The van der Waals surface area contributed by atoms with E-state index in [0.29, 0.717) is 0 Å². The van der Waals surface area contributed by atoms with Crippen LogP contribution in [-0.4, -0.2) is 17.0 Å². The number of hydrogen-bond donors (Lipinski definition) is 1. The van der Waals surface area contributed by atoms with E-state index in [9.17, 15) is 9.90 Å². The van der Waals surface area contributed by atoms with Gasteiger partial charge in [0.05, 0.1) is 0 Å². The molecule has 0 heterocycles. The zero-order valence-electron chi connectivity index (χ0n) is 10.5. The number of Topliss-reactive ketones (excluding diaryl/α,β-unsaturated/α-hetero) is 1. The van der Waals surface area contributed by atoms with E-state index in [-0.39, 0.29) is 17.1 Å². The van der Waals surface area contributed by atoms with Crippen LogP contribution in [-0.2, 0) is 4.79 Å². The van der Waals surface area contributed by atoms with Crippen molar-refractivity contribution in [2.45, 2.75) is 54.6 Å². The zero-order valence-corrected chi connectivity index (χ0v) is 10.5. The van der Waals surface area contributed by atoms with E-state index in [1.165, 1.54) is 0 Å². The topological polar surface area (TPSA) is 37.3 Å². The highest BCUT2D eigenvalue weighted by atomic mass is 16.3. The Morgan fingerprint density at radius 1 is 1.07 bits per heavy atom. The minimum atomic E-state index is -0.852. The SMILES string of the molecule is C[C@@H]([C@H](O)C(=O)C(C)(C)C)C(C)(C)C. The highest BCUT2D eigenvalue weighted by Gasteiger charge is 2.36. The average molecular weight is 200 g/mol. The molecule has 0 aromatic rings. The molecule has 0 aromatic heterocycles. The number of aliphatic hydroxyl groups is 1. The van der Waals surface area contributed by atoms with Crippen molar-refractivity contribution in [2.24, 2.45) is 16.7 Å². The summed E-state index contributed by atoms with van der Waals surface area (Å²) >= 11 is 0. The maximum absolute atomic E-state index is 11.8. The van der Waals surface area contributed by atoms with Crippen LogP contribution >= 0.6 is 0 Å². The molecule has 2 atom stereocenters. The standard InChI is InChI=1S/C12H24O2/c1-8(11(2,3)4)9(13)10(14)12(5,6)7/h8-9,13H,1-7H3/t8-,9-/m0/s1. The Labute approximate surface area is 87.7 Å². The lowest BCUT2D eigenvalue weighted by atomic mass is 9.73. The third kappa shape index (κ3) is 3.41. The first-order valence-electron chi connectivity index (χ1n) is 5.20. The Hall–Kier alpha value is -0.370. The molecule has 0 unspecified atom stereocenters. The van der Waals surface area contributed by atoms with Crippen molar-refractivity contribution in [3.05, 3.63) is 0 Å². The summed E-state index contributed by atoms with van der Waals surface area (Å²) in [6, 6.07) is 0. The molecule has 0 saturated heterocycles. The molecule has 0 fully saturated rings. The predicted molar refractivity (Wildman–Crippen MR) is 59.1 cm³/mol. The number of aliphatic hydroxyl groups excluding tert-OH is 1. The quantitative estimate of drug-likeness (QED) is 0.744. The van der Waals surface area contributed by atoms with Crippen LogP contribution in [0.1, 0.15) is 48.5 Å². The van der Waals surface area contributed by atoms with Gasteiger partial charge in [-0.05, 0) is 11.3 Å². The van der Waals surface area contributed by atoms with Gasteiger partial charge in [-0.15, -0.1) is 0 Å². The summed E-state index contributed by atoms with van der Waals surface area (Å²) in [6.07, 6.45) is -0.852. The highest BCUT2D eigenvalue weighted by Crippen LogP contribution is 2.31. The Morgan fingerprint density at radius 3 is 1.64 bits per heavy atom. The lowest BCUT2D eigenvalue weighted by Crippen LogP contribution is -2.41. The van der Waals surface area contributed by atoms with Gasteiger partial charge in [-0.3, -0.25) is 4.79 Å². The minimum Gasteiger partial charge on any atom is -0.385 e. The normalized spacial score (nSPS) is 17.7. The molecular weight excluding hydrogens is 176 g/mol. The smallest absolute Gasteiger partial charge is 0.166 e. The molecule has 0 amide bonds. The molecule has 0 bridgehead atoms. The summed E-state index contributed by atoms with van der Waals surface area (Å²) < 4.78 is 0. The molecule has 0 radical (unpaired) electrons. The van der Waals surface area contributed by atoms with Gasteiger partial charge >= 0.3 is 0 Å². The number of rotatable bonds is 2. The van der Waals surface area contributed by atoms with Crippen molar-refractivity contribution in [3.8, 4) is 0 Å². The molecule has 0 aromatic carbocycles. The molecule has 2 heteroatoms. The molecule has 0 aliphatic heterocycles. The summed E-state index contributed by atoms with van der Waals surface area (Å²) in [5.74, 6) is -0.0888. The maximum atomic E-state index is 11.8. The minimum absolute atomic E-state index is 0.0192. The van der Waals surface area contributed by atoms with E-state index < -0.39 is 11.5 Å². The van der Waals surface area contributed by atoms with E-state index in [4.69, 9.17) is 0 Å². The Balaban J connectivity index is 4.65. The molecule has 0 aliphatic carbocycles. The maximum Gasteiger partial charge on any atom is 0.166 e. The first-order chi connectivity index (χ1) is 5.98. The molecule has 1 N–H and O–H groups in total. The molecule has 14 heavy (non-hydrogen) atoms. The zero-order chi connectivity index (χ0) is 11.7. The van der Waals surface area contributed by atoms with Crippen molar-refractivity contribution >= 4 is 5.78 Å². The number of hydrogen-bond acceptors (Lipinski definition) is 2. The van der Waals surface area contributed by atoms with Crippen molar-refractivity contribution in [3.63, 3.8) is 0 Å². The van der Waals surface area contributed by atoms with E-state index in [0.717, 1.165) is 0 Å². The molecule has 84 valence electrons. The summed E-state index contributed by atoms with van der Waals surface area (Å²) in [7, 11) is 0. The predicted octanol–water partition coefficient (Wildman–Crippen LogP) is 2.64. The van der Waals surface area contributed by atoms with Crippen LogP contribution in [0.3, 0.4) is 0 Å². The fourth-order valence-electron chi connectivity index (χ4n) is 1.14. The van der Waals surface area contributed by atoms with Crippen LogP contribution in [0.25, 0.3) is 0 Å². The fourth-order valence-corrected chi connectivity index (χ4v) is 1.14. The van der Waals surface area contributed by atoms with Gasteiger partial charge in [-0.1, -0.05) is 48.5 Å². The van der Waals surface area contributed by atoms with Gasteiger partial charge in [-0.25, -0.2) is 0 Å². The molecule has 0 aliphatic rings. The summed E-state index contributed by atoms with van der Waals surface area (Å²) in [6.45, 7) is 13.6. The summed E-state index contributed by atoms with van der Waals surface area (Å²) in [5, 5.41) is 9.91. The van der Waals surface area contributed by atoms with E-state index in [2.05, 4.69) is 0 Å². The van der Waals surface area contributed by atoms with E-state index >= 15 is 0 Å². The van der Waals surface area contributed by atoms with Crippen LogP contribution in [0.4, 0.5) is 0 Å². The first kappa shape index (κ1) is 13.6. The molecule has 2 nitrogen and oxygen atoms in total. The Bertz CT molecular complexity index is 205. The van der Waals surface area contributed by atoms with Gasteiger partial charge < -0.3 is 5.11 Å². The van der Waals surface area contributed by atoms with Gasteiger partial charge in [0.1, 0.15) is 6.10 Å². The number of carbonyl (C=O) groups excluding carboxylic acids is 1. The van der Waals surface area contributed by atoms with Gasteiger partial charge in [-0.2, -0.15) is 0 Å². The van der Waals surface area contributed by atoms with Crippen molar-refractivity contribution in [1.29, 1.82) is 0 Å². The van der Waals surface area contributed by atoms with Gasteiger partial charge in [0.2, 0.25) is 0 Å². The van der Waals surface area contributed by atoms with Crippen LogP contribution < -0.4 is 0 Å². The van der Waals surface area contributed by atoms with E-state index in [1.807, 2.05) is 48.5 Å². The number of ketones is 1. The van der Waals surface area contributed by atoms with Gasteiger partial charge in [0.15, 0.2) is 5.78 Å². The summed E-state index contributed by atoms with van der Waals surface area (Å²) in [4.78, 5) is 11.8. The second kappa shape index (κ2) is 4.01. The summed E-state index contributed by atoms with van der Waals surface area (Å²) in [5.41, 5.74) is -0.501. The molecule has 0 saturated carbocycles. The third-order valence-electron chi connectivity index (χ3n) is 2.85. The average Bonchev–Trinajstić information content (AvgIpc) is 1.97. The van der Waals surface area contributed by atoms with Crippen molar-refractivity contribution in [2.75, 3.05) is 0 Å². The molecule has 0 rings (SSSR count). The van der Waals surface area contributed by atoms with Crippen molar-refractivity contribution < 1.29 is 9.90 Å². The molecular formula is C12H24O2. The number of carbonyl (C=O) groups is 1. The lowest BCUT2D eigenvalue weighted by Gasteiger charge is -2.33. The molecule has 0 spiro atoms. The van der Waals surface area contributed by atoms with Crippen LogP contribution in [0.15, 0.2) is 0 Å².